The molecule has 0 saturated heterocycles. The number of hydrogen-bond acceptors (Lipinski definition) is 8. The van der Waals surface area contributed by atoms with Crippen molar-refractivity contribution >= 4 is 30.4 Å². The van der Waals surface area contributed by atoms with Crippen LogP contribution in [0.5, 0.6) is 5.75 Å². The number of anilines is 1. The Labute approximate surface area is 199 Å². The van der Waals surface area contributed by atoms with E-state index < -0.39 is 24.3 Å². The number of hydrogen-bond donors (Lipinski definition) is 3. The number of aliphatic hydroxyl groups excluding tert-OH is 1. The van der Waals surface area contributed by atoms with Crippen LogP contribution in [-0.2, 0) is 19.0 Å². The van der Waals surface area contributed by atoms with Gasteiger partial charge in [0.25, 0.3) is 0 Å². The molecule has 2 aromatic rings. The van der Waals surface area contributed by atoms with Crippen LogP contribution in [0.25, 0.3) is 0 Å². The number of benzene rings is 2. The number of thiol groups is 1. The predicted molar refractivity (Wildman–Crippen MR) is 128 cm³/mol. The Morgan fingerprint density at radius 2 is 1.76 bits per heavy atom. The molecule has 0 bridgehead atoms. The third kappa shape index (κ3) is 9.33. The van der Waals surface area contributed by atoms with Gasteiger partial charge in [-0.2, -0.15) is 12.6 Å². The second-order valence-corrected chi connectivity index (χ2v) is 7.44. The van der Waals surface area contributed by atoms with Crippen LogP contribution in [0.3, 0.4) is 0 Å². The Hall–Kier alpha value is -2.75. The van der Waals surface area contributed by atoms with E-state index in [1.807, 2.05) is 26.0 Å². The molecule has 0 radical (unpaired) electrons. The van der Waals surface area contributed by atoms with E-state index in [-0.39, 0.29) is 25.6 Å². The summed E-state index contributed by atoms with van der Waals surface area (Å²) in [5.74, 6) is 0.118. The van der Waals surface area contributed by atoms with Crippen molar-refractivity contribution in [3.63, 3.8) is 0 Å². The summed E-state index contributed by atoms with van der Waals surface area (Å²) in [4.78, 5) is 24.1. The van der Waals surface area contributed by atoms with Crippen LogP contribution < -0.4 is 10.1 Å². The number of ether oxygens (including phenoxy) is 4. The fraction of sp³-hybridized carbons (Fsp3) is 0.417. The summed E-state index contributed by atoms with van der Waals surface area (Å²) in [6.45, 7) is 4.35. The van der Waals surface area contributed by atoms with E-state index in [2.05, 4.69) is 17.9 Å². The van der Waals surface area contributed by atoms with Crippen molar-refractivity contribution in [2.75, 3.05) is 37.5 Å². The van der Waals surface area contributed by atoms with Crippen LogP contribution >= 0.6 is 12.6 Å². The van der Waals surface area contributed by atoms with E-state index >= 15 is 0 Å². The molecule has 0 aliphatic rings. The van der Waals surface area contributed by atoms with Gasteiger partial charge in [0.1, 0.15) is 18.5 Å². The second-order valence-electron chi connectivity index (χ2n) is 7.12. The molecule has 2 aromatic carbocycles. The molecule has 0 unspecified atom stereocenters. The van der Waals surface area contributed by atoms with Gasteiger partial charge in [0.05, 0.1) is 19.0 Å². The zero-order valence-corrected chi connectivity index (χ0v) is 19.8. The quantitative estimate of drug-likeness (QED) is 0.297. The van der Waals surface area contributed by atoms with E-state index in [9.17, 15) is 9.59 Å². The molecule has 8 nitrogen and oxygen atoms in total. The van der Waals surface area contributed by atoms with Crippen molar-refractivity contribution in [3.05, 3.63) is 59.7 Å². The number of carbonyl (C=O) groups excluding carboxylic acids is 2. The van der Waals surface area contributed by atoms with Gasteiger partial charge in [-0.1, -0.05) is 29.8 Å². The van der Waals surface area contributed by atoms with E-state index in [1.54, 1.807) is 36.4 Å². The largest absolute Gasteiger partial charge is 0.491 e. The van der Waals surface area contributed by atoms with Gasteiger partial charge in [0.15, 0.2) is 6.10 Å². The Morgan fingerprint density at radius 3 is 2.36 bits per heavy atom. The van der Waals surface area contributed by atoms with E-state index in [0.29, 0.717) is 30.0 Å². The maximum Gasteiger partial charge on any atom is 0.412 e. The maximum atomic E-state index is 12.7. The van der Waals surface area contributed by atoms with Gasteiger partial charge in [0.2, 0.25) is 0 Å². The van der Waals surface area contributed by atoms with E-state index in [1.165, 1.54) is 0 Å². The van der Waals surface area contributed by atoms with Gasteiger partial charge in [-0.3, -0.25) is 10.1 Å². The molecule has 2 N–H and O–H groups in total. The number of amides is 1. The first-order valence-corrected chi connectivity index (χ1v) is 11.4. The minimum Gasteiger partial charge on any atom is -0.491 e. The number of carbonyl (C=O) groups is 2. The van der Waals surface area contributed by atoms with Crippen LogP contribution in [0.15, 0.2) is 48.5 Å². The standard InChI is InChI=1S/C24H31NO7S/c1-3-29-21(12-14-31-22(27)16-33)23(18-6-10-20(11-7-18)30-15-13-26)32-24(28)25-19-8-4-17(2)5-9-19/h4-11,21,23,26,33H,3,12-16H2,1-2H3,(H,25,28)/t21-,23-/m1/s1. The maximum absolute atomic E-state index is 12.7. The third-order valence-electron chi connectivity index (χ3n) is 4.61. The van der Waals surface area contributed by atoms with Crippen molar-refractivity contribution in [2.24, 2.45) is 0 Å². The molecule has 0 spiro atoms. The summed E-state index contributed by atoms with van der Waals surface area (Å²) < 4.78 is 22.2. The molecule has 0 aliphatic carbocycles. The minimum absolute atomic E-state index is 0.0203. The topological polar surface area (TPSA) is 103 Å². The van der Waals surface area contributed by atoms with Gasteiger partial charge in [-0.05, 0) is 43.7 Å². The van der Waals surface area contributed by atoms with Crippen molar-refractivity contribution < 1.29 is 33.6 Å². The monoisotopic (exact) mass is 477 g/mol. The Kier molecular flexibility index (Phi) is 11.6. The molecule has 2 rings (SSSR count). The lowest BCUT2D eigenvalue weighted by Crippen LogP contribution is -2.30. The third-order valence-corrected chi connectivity index (χ3v) is 4.87. The van der Waals surface area contributed by atoms with Gasteiger partial charge in [-0.25, -0.2) is 4.79 Å². The molecule has 1 amide bonds. The number of rotatable bonds is 13. The summed E-state index contributed by atoms with van der Waals surface area (Å²) in [6, 6.07) is 14.3. The molecule has 0 aliphatic heterocycles. The second kappa shape index (κ2) is 14.4. The Bertz CT molecular complexity index is 858. The highest BCUT2D eigenvalue weighted by Crippen LogP contribution is 2.28. The van der Waals surface area contributed by atoms with Gasteiger partial charge in [-0.15, -0.1) is 0 Å². The van der Waals surface area contributed by atoms with E-state index in [4.69, 9.17) is 24.1 Å². The van der Waals surface area contributed by atoms with Crippen molar-refractivity contribution in [2.45, 2.75) is 32.5 Å². The highest BCUT2D eigenvalue weighted by molar-refractivity contribution is 7.81. The molecule has 2 atom stereocenters. The first-order valence-electron chi connectivity index (χ1n) is 10.7. The molecule has 0 saturated carbocycles. The fourth-order valence-electron chi connectivity index (χ4n) is 3.05. The van der Waals surface area contributed by atoms with Crippen molar-refractivity contribution in [3.8, 4) is 5.75 Å². The summed E-state index contributed by atoms with van der Waals surface area (Å²) >= 11 is 3.90. The summed E-state index contributed by atoms with van der Waals surface area (Å²) in [5, 5.41) is 11.7. The number of nitrogens with one attached hydrogen (secondary N) is 1. The normalized spacial score (nSPS) is 12.5. The first kappa shape index (κ1) is 26.5. The lowest BCUT2D eigenvalue weighted by atomic mass is 10.0. The average Bonchev–Trinajstić information content (AvgIpc) is 2.82. The SMILES string of the molecule is CCO[C@H](CCOC(=O)CS)[C@H](OC(=O)Nc1ccc(C)cc1)c1ccc(OCCO)cc1. The lowest BCUT2D eigenvalue weighted by molar-refractivity contribution is -0.142. The molecule has 9 heteroatoms. The molecular weight excluding hydrogens is 446 g/mol. The molecule has 0 heterocycles. The summed E-state index contributed by atoms with van der Waals surface area (Å²) in [7, 11) is 0. The Balaban J connectivity index is 2.19. The van der Waals surface area contributed by atoms with Gasteiger partial charge in [0, 0.05) is 18.7 Å². The molecule has 0 aromatic heterocycles. The Morgan fingerprint density at radius 1 is 1.06 bits per heavy atom. The van der Waals surface area contributed by atoms with Crippen LogP contribution in [0, 0.1) is 6.92 Å². The fourth-order valence-corrected chi connectivity index (χ4v) is 3.14. The van der Waals surface area contributed by atoms with Gasteiger partial charge >= 0.3 is 12.1 Å². The summed E-state index contributed by atoms with van der Waals surface area (Å²) in [6.07, 6.45) is -1.65. The highest BCUT2D eigenvalue weighted by atomic mass is 32.1. The zero-order chi connectivity index (χ0) is 24.1. The molecule has 180 valence electrons. The van der Waals surface area contributed by atoms with Crippen LogP contribution in [0.4, 0.5) is 10.5 Å². The van der Waals surface area contributed by atoms with Crippen molar-refractivity contribution in [1.82, 2.24) is 0 Å². The average molecular weight is 478 g/mol. The molecule has 0 fully saturated rings. The molecule has 33 heavy (non-hydrogen) atoms. The summed E-state index contributed by atoms with van der Waals surface area (Å²) in [5.41, 5.74) is 2.36. The van der Waals surface area contributed by atoms with Crippen LogP contribution in [0.1, 0.15) is 30.6 Å². The zero-order valence-electron chi connectivity index (χ0n) is 18.9. The first-order chi connectivity index (χ1) is 16.0. The number of esters is 1. The smallest absolute Gasteiger partial charge is 0.412 e. The lowest BCUT2D eigenvalue weighted by Gasteiger charge is -2.27. The van der Waals surface area contributed by atoms with E-state index in [0.717, 1.165) is 5.56 Å². The highest BCUT2D eigenvalue weighted by Gasteiger charge is 2.28. The van der Waals surface area contributed by atoms with Crippen LogP contribution in [0.2, 0.25) is 0 Å². The van der Waals surface area contributed by atoms with Crippen LogP contribution in [-0.4, -0.2) is 55.5 Å². The molecular formula is C24H31NO7S. The number of aryl methyl sites for hydroxylation is 1. The minimum atomic E-state index is -0.767. The van der Waals surface area contributed by atoms with Gasteiger partial charge < -0.3 is 24.1 Å². The predicted octanol–water partition coefficient (Wildman–Crippen LogP) is 3.92. The number of aliphatic hydroxyl groups is 1. The van der Waals surface area contributed by atoms with Crippen molar-refractivity contribution in [1.29, 1.82) is 0 Å².